The summed E-state index contributed by atoms with van der Waals surface area (Å²) >= 11 is 0. The number of pyridine rings is 1. The van der Waals surface area contributed by atoms with Gasteiger partial charge in [0.15, 0.2) is 5.65 Å². The van der Waals surface area contributed by atoms with E-state index in [9.17, 15) is 0 Å². The average Bonchev–Trinajstić information content (AvgIpc) is 3.00. The van der Waals surface area contributed by atoms with Crippen molar-refractivity contribution in [2.45, 2.75) is 19.6 Å². The number of hydrogen-bond donors (Lipinski definition) is 2. The van der Waals surface area contributed by atoms with E-state index in [1.807, 2.05) is 12.1 Å². The zero-order valence-electron chi connectivity index (χ0n) is 11.5. The minimum atomic E-state index is 0.667. The molecule has 0 saturated heterocycles. The van der Waals surface area contributed by atoms with E-state index in [1.54, 1.807) is 12.4 Å². The van der Waals surface area contributed by atoms with E-state index < -0.39 is 0 Å². The summed E-state index contributed by atoms with van der Waals surface area (Å²) < 4.78 is 0. The van der Waals surface area contributed by atoms with Crippen molar-refractivity contribution >= 4 is 17.0 Å². The highest BCUT2D eigenvalue weighted by Crippen LogP contribution is 2.18. The Morgan fingerprint density at radius 3 is 2.90 bits per heavy atom. The van der Waals surface area contributed by atoms with Crippen LogP contribution in [-0.2, 0) is 19.6 Å². The topological polar surface area (TPSA) is 62.7 Å². The lowest BCUT2D eigenvalue weighted by Crippen LogP contribution is -2.02. The second kappa shape index (κ2) is 5.10. The Hall–Kier alpha value is -2.53. The van der Waals surface area contributed by atoms with Gasteiger partial charge in [-0.15, -0.1) is 0 Å². The van der Waals surface area contributed by atoms with Gasteiger partial charge in [0.1, 0.15) is 11.3 Å². The number of nitrogens with zero attached hydrogens (tertiary/aromatic N) is 3. The van der Waals surface area contributed by atoms with E-state index in [2.05, 4.69) is 43.8 Å². The molecule has 1 aliphatic rings. The Labute approximate surface area is 122 Å². The molecule has 4 rings (SSSR count). The third-order valence-corrected chi connectivity index (χ3v) is 3.71. The highest BCUT2D eigenvalue weighted by Gasteiger charge is 2.09. The summed E-state index contributed by atoms with van der Waals surface area (Å²) in [6.45, 7) is 2.70. The number of aromatic nitrogens is 3. The number of hydrogen-bond acceptors (Lipinski definition) is 5. The van der Waals surface area contributed by atoms with E-state index in [-0.39, 0.29) is 0 Å². The van der Waals surface area contributed by atoms with Gasteiger partial charge >= 0.3 is 0 Å². The van der Waals surface area contributed by atoms with Crippen LogP contribution in [-0.4, -0.2) is 15.0 Å². The second-order valence-electron chi connectivity index (χ2n) is 5.16. The molecular weight excluding hydrogens is 262 g/mol. The number of fused-ring (bicyclic) bond motifs is 2. The fourth-order valence-corrected chi connectivity index (χ4v) is 2.60. The number of rotatable bonds is 3. The van der Waals surface area contributed by atoms with Crippen molar-refractivity contribution in [3.05, 3.63) is 59.4 Å². The van der Waals surface area contributed by atoms with Crippen LogP contribution in [0.5, 0.6) is 0 Å². The molecule has 0 aliphatic carbocycles. The third kappa shape index (κ3) is 2.43. The monoisotopic (exact) mass is 277 g/mol. The quantitative estimate of drug-likeness (QED) is 0.768. The molecule has 3 aromatic rings. The van der Waals surface area contributed by atoms with Crippen molar-refractivity contribution < 1.29 is 0 Å². The van der Waals surface area contributed by atoms with Gasteiger partial charge in [-0.3, -0.25) is 4.98 Å². The van der Waals surface area contributed by atoms with Crippen molar-refractivity contribution in [2.24, 2.45) is 0 Å². The summed E-state index contributed by atoms with van der Waals surface area (Å²) in [6.07, 6.45) is 3.34. The average molecular weight is 277 g/mol. The van der Waals surface area contributed by atoms with Gasteiger partial charge in [0.2, 0.25) is 0 Å². The van der Waals surface area contributed by atoms with E-state index in [1.165, 1.54) is 16.7 Å². The number of anilines is 1. The van der Waals surface area contributed by atoms with Crippen molar-refractivity contribution in [3.8, 4) is 0 Å². The molecule has 0 fully saturated rings. The molecule has 0 saturated carbocycles. The van der Waals surface area contributed by atoms with Crippen LogP contribution < -0.4 is 10.6 Å². The predicted octanol–water partition coefficient (Wildman–Crippen LogP) is 2.24. The van der Waals surface area contributed by atoms with Gasteiger partial charge in [-0.25, -0.2) is 9.97 Å². The molecular formula is C16H15N5. The normalized spacial score (nSPS) is 13.3. The first kappa shape index (κ1) is 12.2. The maximum absolute atomic E-state index is 4.47. The summed E-state index contributed by atoms with van der Waals surface area (Å²) in [7, 11) is 0. The molecule has 1 aromatic carbocycles. The molecule has 2 N–H and O–H groups in total. The molecule has 0 unspecified atom stereocenters. The first-order valence-electron chi connectivity index (χ1n) is 7.01. The van der Waals surface area contributed by atoms with Gasteiger partial charge in [-0.05, 0) is 28.8 Å². The highest BCUT2D eigenvalue weighted by molar-refractivity contribution is 5.71. The standard InChI is InChI=1S/C16H15N5/c1-2-12-9-17-10-13(12)7-11(1)8-20-15-4-3-14-16(21-15)19-6-5-18-14/h1-7,17H,8-10H2,(H,19,20,21). The van der Waals surface area contributed by atoms with Crippen molar-refractivity contribution in [1.29, 1.82) is 0 Å². The van der Waals surface area contributed by atoms with Crippen LogP contribution in [0.2, 0.25) is 0 Å². The van der Waals surface area contributed by atoms with Crippen LogP contribution in [0.15, 0.2) is 42.7 Å². The molecule has 0 atom stereocenters. The maximum Gasteiger partial charge on any atom is 0.180 e. The molecule has 0 spiro atoms. The first-order chi connectivity index (χ1) is 10.4. The van der Waals surface area contributed by atoms with Crippen LogP contribution in [0.25, 0.3) is 11.2 Å². The van der Waals surface area contributed by atoms with Crippen molar-refractivity contribution in [2.75, 3.05) is 5.32 Å². The van der Waals surface area contributed by atoms with Crippen LogP contribution in [0.1, 0.15) is 16.7 Å². The van der Waals surface area contributed by atoms with Crippen molar-refractivity contribution in [1.82, 2.24) is 20.3 Å². The Bertz CT molecular complexity index is 800. The Kier molecular flexibility index (Phi) is 2.97. The van der Waals surface area contributed by atoms with E-state index >= 15 is 0 Å². The first-order valence-corrected chi connectivity index (χ1v) is 7.01. The largest absolute Gasteiger partial charge is 0.366 e. The summed E-state index contributed by atoms with van der Waals surface area (Å²) in [5.74, 6) is 0.821. The van der Waals surface area contributed by atoms with Gasteiger partial charge in [-0.2, -0.15) is 0 Å². The molecule has 2 aromatic heterocycles. The maximum atomic E-state index is 4.47. The van der Waals surface area contributed by atoms with Crippen molar-refractivity contribution in [3.63, 3.8) is 0 Å². The van der Waals surface area contributed by atoms with Gasteiger partial charge in [0.25, 0.3) is 0 Å². The molecule has 0 bridgehead atoms. The summed E-state index contributed by atoms with van der Waals surface area (Å²) in [6, 6.07) is 10.5. The summed E-state index contributed by atoms with van der Waals surface area (Å²) in [5.41, 5.74) is 5.54. The van der Waals surface area contributed by atoms with Gasteiger partial charge in [0.05, 0.1) is 0 Å². The minimum Gasteiger partial charge on any atom is -0.366 e. The highest BCUT2D eigenvalue weighted by atomic mass is 15.0. The number of benzene rings is 1. The number of nitrogens with one attached hydrogen (secondary N) is 2. The fourth-order valence-electron chi connectivity index (χ4n) is 2.60. The molecule has 0 radical (unpaired) electrons. The SMILES string of the molecule is c1cnc2nc(NCc3ccc4c(c3)CNC4)ccc2n1. The van der Waals surface area contributed by atoms with Crippen LogP contribution in [0.4, 0.5) is 5.82 Å². The van der Waals surface area contributed by atoms with E-state index in [4.69, 9.17) is 0 Å². The van der Waals surface area contributed by atoms with Gasteiger partial charge in [0, 0.05) is 32.0 Å². The lowest BCUT2D eigenvalue weighted by atomic mass is 10.1. The van der Waals surface area contributed by atoms with Crippen LogP contribution >= 0.6 is 0 Å². The lowest BCUT2D eigenvalue weighted by molar-refractivity contribution is 0.764. The molecule has 1 aliphatic heterocycles. The van der Waals surface area contributed by atoms with E-state index in [0.29, 0.717) is 5.65 Å². The predicted molar refractivity (Wildman–Crippen MR) is 81.6 cm³/mol. The smallest absolute Gasteiger partial charge is 0.180 e. The second-order valence-corrected chi connectivity index (χ2v) is 5.16. The van der Waals surface area contributed by atoms with Gasteiger partial charge < -0.3 is 10.6 Å². The molecule has 5 nitrogen and oxygen atoms in total. The Morgan fingerprint density at radius 1 is 1.00 bits per heavy atom. The fraction of sp³-hybridized carbons (Fsp3) is 0.188. The Morgan fingerprint density at radius 2 is 1.90 bits per heavy atom. The van der Waals surface area contributed by atoms with E-state index in [0.717, 1.165) is 31.0 Å². The van der Waals surface area contributed by atoms with Crippen LogP contribution in [0.3, 0.4) is 0 Å². The zero-order chi connectivity index (χ0) is 14.1. The molecule has 21 heavy (non-hydrogen) atoms. The van der Waals surface area contributed by atoms with Crippen LogP contribution in [0, 0.1) is 0 Å². The summed E-state index contributed by atoms with van der Waals surface area (Å²) in [4.78, 5) is 12.9. The Balaban J connectivity index is 1.52. The molecule has 0 amide bonds. The molecule has 3 heterocycles. The molecule has 5 heteroatoms. The minimum absolute atomic E-state index is 0.667. The summed E-state index contributed by atoms with van der Waals surface area (Å²) in [5, 5.41) is 6.71. The zero-order valence-corrected chi connectivity index (χ0v) is 11.5. The van der Waals surface area contributed by atoms with Gasteiger partial charge in [-0.1, -0.05) is 18.2 Å². The third-order valence-electron chi connectivity index (χ3n) is 3.71. The lowest BCUT2D eigenvalue weighted by Gasteiger charge is -2.08. The molecule has 104 valence electrons.